The molecule has 0 aliphatic heterocycles. The molecule has 0 radical (unpaired) electrons. The van der Waals surface area contributed by atoms with E-state index in [1.165, 1.54) is 0 Å². The quantitative estimate of drug-likeness (QED) is 0.858. The molecule has 0 saturated heterocycles. The van der Waals surface area contributed by atoms with E-state index in [0.29, 0.717) is 11.4 Å². The van der Waals surface area contributed by atoms with Crippen molar-refractivity contribution in [2.75, 3.05) is 0 Å². The molecule has 1 aromatic rings. The van der Waals surface area contributed by atoms with Gasteiger partial charge in [-0.3, -0.25) is 0 Å². The molecule has 90 valence electrons. The third kappa shape index (κ3) is 4.86. The van der Waals surface area contributed by atoms with Crippen LogP contribution < -0.4 is 5.73 Å². The van der Waals surface area contributed by atoms with Gasteiger partial charge in [-0.05, 0) is 30.5 Å². The van der Waals surface area contributed by atoms with Crippen molar-refractivity contribution in [3.8, 4) is 0 Å². The van der Waals surface area contributed by atoms with Crippen LogP contribution in [0.15, 0.2) is 24.3 Å². The molecule has 1 nitrogen and oxygen atoms in total. The molecule has 1 atom stereocenters. The van der Waals surface area contributed by atoms with Gasteiger partial charge in [-0.25, -0.2) is 0 Å². The van der Waals surface area contributed by atoms with E-state index >= 15 is 0 Å². The lowest BCUT2D eigenvalue weighted by Gasteiger charge is -2.12. The fraction of sp³-hybridized carbons (Fsp3) is 0.455. The highest BCUT2D eigenvalue weighted by molar-refractivity contribution is 6.30. The Morgan fingerprint density at radius 2 is 1.75 bits per heavy atom. The van der Waals surface area contributed by atoms with Crippen molar-refractivity contribution in [2.45, 2.75) is 31.5 Å². The summed E-state index contributed by atoms with van der Waals surface area (Å²) in [6, 6.07) is 6.47. The maximum absolute atomic E-state index is 11.9. The highest BCUT2D eigenvalue weighted by atomic mass is 35.5. The van der Waals surface area contributed by atoms with Gasteiger partial charge in [-0.2, -0.15) is 13.2 Å². The molecule has 1 unspecified atom stereocenters. The first-order valence-electron chi connectivity index (χ1n) is 4.96. The molecule has 0 bridgehead atoms. The van der Waals surface area contributed by atoms with Crippen LogP contribution in [-0.2, 0) is 0 Å². The maximum atomic E-state index is 11.9. The highest BCUT2D eigenvalue weighted by Gasteiger charge is 2.26. The molecule has 0 aromatic heterocycles. The topological polar surface area (TPSA) is 26.0 Å². The fourth-order valence-corrected chi connectivity index (χ4v) is 1.53. The molecule has 1 rings (SSSR count). The smallest absolute Gasteiger partial charge is 0.324 e. The van der Waals surface area contributed by atoms with E-state index in [-0.39, 0.29) is 12.5 Å². The molecule has 5 heteroatoms. The second-order valence-electron chi connectivity index (χ2n) is 3.67. The lowest BCUT2D eigenvalue weighted by atomic mass is 10.0. The van der Waals surface area contributed by atoms with Gasteiger partial charge in [0.1, 0.15) is 0 Å². The normalized spacial score (nSPS) is 13.8. The largest absolute Gasteiger partial charge is 0.389 e. The molecular weight excluding hydrogens is 239 g/mol. The van der Waals surface area contributed by atoms with Crippen molar-refractivity contribution >= 4 is 11.6 Å². The van der Waals surface area contributed by atoms with Gasteiger partial charge in [0.05, 0.1) is 0 Å². The Morgan fingerprint density at radius 1 is 1.19 bits per heavy atom. The van der Waals surface area contributed by atoms with Crippen LogP contribution in [0.1, 0.15) is 30.9 Å². The fourth-order valence-electron chi connectivity index (χ4n) is 1.40. The van der Waals surface area contributed by atoms with Crippen LogP contribution in [0.5, 0.6) is 0 Å². The second kappa shape index (κ2) is 5.55. The summed E-state index contributed by atoms with van der Waals surface area (Å²) in [5.74, 6) is 0. The predicted octanol–water partition coefficient (Wildman–Crippen LogP) is 4.07. The van der Waals surface area contributed by atoms with E-state index in [4.69, 9.17) is 17.3 Å². The van der Waals surface area contributed by atoms with Crippen molar-refractivity contribution in [2.24, 2.45) is 5.73 Å². The van der Waals surface area contributed by atoms with Crippen LogP contribution in [0.3, 0.4) is 0 Å². The number of hydrogen-bond donors (Lipinski definition) is 1. The molecule has 0 aliphatic rings. The lowest BCUT2D eigenvalue weighted by Crippen LogP contribution is -2.13. The minimum atomic E-state index is -4.10. The van der Waals surface area contributed by atoms with Gasteiger partial charge in [0.25, 0.3) is 0 Å². The minimum Gasteiger partial charge on any atom is -0.324 e. The van der Waals surface area contributed by atoms with Crippen LogP contribution in [0, 0.1) is 0 Å². The van der Waals surface area contributed by atoms with Crippen LogP contribution in [0.4, 0.5) is 13.2 Å². The summed E-state index contributed by atoms with van der Waals surface area (Å²) in [6.07, 6.45) is -4.51. The van der Waals surface area contributed by atoms with Crippen molar-refractivity contribution < 1.29 is 13.2 Å². The van der Waals surface area contributed by atoms with Crippen molar-refractivity contribution in [3.63, 3.8) is 0 Å². The lowest BCUT2D eigenvalue weighted by molar-refractivity contribution is -0.135. The number of nitrogens with two attached hydrogens (primary N) is 1. The summed E-state index contributed by atoms with van der Waals surface area (Å²) < 4.78 is 35.7. The van der Waals surface area contributed by atoms with Gasteiger partial charge in [0, 0.05) is 17.5 Å². The summed E-state index contributed by atoms with van der Waals surface area (Å²) in [5.41, 5.74) is 6.58. The first-order chi connectivity index (χ1) is 7.38. The summed E-state index contributed by atoms with van der Waals surface area (Å²) >= 11 is 5.69. The molecule has 0 aliphatic carbocycles. The Labute approximate surface area is 97.4 Å². The first kappa shape index (κ1) is 13.3. The highest BCUT2D eigenvalue weighted by Crippen LogP contribution is 2.25. The summed E-state index contributed by atoms with van der Waals surface area (Å²) in [4.78, 5) is 0. The molecule has 0 heterocycles. The Kier molecular flexibility index (Phi) is 4.62. The van der Waals surface area contributed by atoms with E-state index in [2.05, 4.69) is 0 Å². The van der Waals surface area contributed by atoms with Gasteiger partial charge in [-0.1, -0.05) is 23.7 Å². The predicted molar refractivity (Wildman–Crippen MR) is 58.3 cm³/mol. The average molecular weight is 252 g/mol. The molecule has 1 aromatic carbocycles. The summed E-state index contributed by atoms with van der Waals surface area (Å²) in [6.45, 7) is 0. The van der Waals surface area contributed by atoms with Crippen LogP contribution >= 0.6 is 11.6 Å². The zero-order valence-corrected chi connectivity index (χ0v) is 9.35. The Hall–Kier alpha value is -0.740. The average Bonchev–Trinajstić information content (AvgIpc) is 2.16. The third-order valence-electron chi connectivity index (χ3n) is 2.27. The molecule has 0 amide bonds. The standard InChI is InChI=1S/C11H13ClF3N/c12-9-5-3-8(4-6-9)10(16)2-1-7-11(13,14)15/h3-6,10H,1-2,7,16H2. The Morgan fingerprint density at radius 3 is 2.25 bits per heavy atom. The zero-order chi connectivity index (χ0) is 12.2. The van der Waals surface area contributed by atoms with Crippen molar-refractivity contribution in [3.05, 3.63) is 34.9 Å². The van der Waals surface area contributed by atoms with Gasteiger partial charge >= 0.3 is 6.18 Å². The van der Waals surface area contributed by atoms with E-state index in [9.17, 15) is 13.2 Å². The molecular formula is C11H13ClF3N. The summed E-state index contributed by atoms with van der Waals surface area (Å²) in [7, 11) is 0. The molecule has 2 N–H and O–H groups in total. The van der Waals surface area contributed by atoms with Crippen LogP contribution in [-0.4, -0.2) is 6.18 Å². The first-order valence-corrected chi connectivity index (χ1v) is 5.34. The van der Waals surface area contributed by atoms with E-state index in [0.717, 1.165) is 5.56 Å². The third-order valence-corrected chi connectivity index (χ3v) is 2.53. The molecule has 0 saturated carbocycles. The number of alkyl halides is 3. The van der Waals surface area contributed by atoms with Crippen LogP contribution in [0.25, 0.3) is 0 Å². The second-order valence-corrected chi connectivity index (χ2v) is 4.10. The number of benzene rings is 1. The maximum Gasteiger partial charge on any atom is 0.389 e. The summed E-state index contributed by atoms with van der Waals surface area (Å²) in [5, 5.41) is 0.589. The number of halogens is 4. The Bertz CT molecular complexity index is 321. The van der Waals surface area contributed by atoms with E-state index in [1.807, 2.05) is 0 Å². The monoisotopic (exact) mass is 251 g/mol. The SMILES string of the molecule is NC(CCCC(F)(F)F)c1ccc(Cl)cc1. The molecule has 16 heavy (non-hydrogen) atoms. The van der Waals surface area contributed by atoms with Gasteiger partial charge in [-0.15, -0.1) is 0 Å². The number of rotatable bonds is 4. The Balaban J connectivity index is 2.41. The van der Waals surface area contributed by atoms with Gasteiger partial charge in [0.2, 0.25) is 0 Å². The molecule has 0 spiro atoms. The minimum absolute atomic E-state index is 0.0489. The van der Waals surface area contributed by atoms with Gasteiger partial charge in [0.15, 0.2) is 0 Å². The van der Waals surface area contributed by atoms with Crippen LogP contribution in [0.2, 0.25) is 5.02 Å². The zero-order valence-electron chi connectivity index (χ0n) is 8.60. The number of hydrogen-bond acceptors (Lipinski definition) is 1. The van der Waals surface area contributed by atoms with Gasteiger partial charge < -0.3 is 5.73 Å². The van der Waals surface area contributed by atoms with Crippen molar-refractivity contribution in [1.29, 1.82) is 0 Å². The van der Waals surface area contributed by atoms with E-state index in [1.54, 1.807) is 24.3 Å². The van der Waals surface area contributed by atoms with Crippen molar-refractivity contribution in [1.82, 2.24) is 0 Å². The molecule has 0 fully saturated rings. The van der Waals surface area contributed by atoms with E-state index < -0.39 is 12.6 Å².